The number of H-pyrrole nitrogens is 1. The van der Waals surface area contributed by atoms with Crippen molar-refractivity contribution in [2.45, 2.75) is 34.2 Å². The van der Waals surface area contributed by atoms with Gasteiger partial charge in [0.1, 0.15) is 11.5 Å². The molecule has 0 aliphatic heterocycles. The van der Waals surface area contributed by atoms with Crippen molar-refractivity contribution < 1.29 is 0 Å². The third-order valence-electron chi connectivity index (χ3n) is 2.62. The van der Waals surface area contributed by atoms with E-state index in [4.69, 9.17) is 0 Å². The molecule has 2 aromatic heterocycles. The third kappa shape index (κ3) is 1.75. The van der Waals surface area contributed by atoms with Crippen LogP contribution in [0.25, 0.3) is 11.0 Å². The average Bonchev–Trinajstić information content (AvgIpc) is 2.53. The second kappa shape index (κ2) is 3.77. The first-order valence-corrected chi connectivity index (χ1v) is 5.56. The van der Waals surface area contributed by atoms with Crippen molar-refractivity contribution >= 4 is 11.0 Å². The third-order valence-corrected chi connectivity index (χ3v) is 2.62. The Balaban J connectivity index is 2.70. The van der Waals surface area contributed by atoms with E-state index >= 15 is 0 Å². The molecule has 0 aromatic carbocycles. The molecule has 0 aliphatic carbocycles. The molecule has 16 heavy (non-hydrogen) atoms. The normalized spacial score (nSPS) is 11.6. The standard InChI is InChI=1S/C12H17N3O/c1-7(2)6-15-9(4)14-11-10(12(15)16)5-8(3)13-11/h5,7,13H,6H2,1-4H3. The van der Waals surface area contributed by atoms with Crippen molar-refractivity contribution in [2.75, 3.05) is 0 Å². The highest BCUT2D eigenvalue weighted by Crippen LogP contribution is 2.10. The zero-order chi connectivity index (χ0) is 11.9. The first-order valence-electron chi connectivity index (χ1n) is 5.56. The number of hydrogen-bond acceptors (Lipinski definition) is 2. The molecular weight excluding hydrogens is 202 g/mol. The minimum atomic E-state index is 0.0561. The highest BCUT2D eigenvalue weighted by atomic mass is 16.1. The molecule has 0 amide bonds. The quantitative estimate of drug-likeness (QED) is 0.839. The summed E-state index contributed by atoms with van der Waals surface area (Å²) in [5.74, 6) is 1.21. The summed E-state index contributed by atoms with van der Waals surface area (Å²) in [5.41, 5.74) is 1.72. The van der Waals surface area contributed by atoms with Gasteiger partial charge >= 0.3 is 0 Å². The van der Waals surface area contributed by atoms with Crippen molar-refractivity contribution in [1.82, 2.24) is 14.5 Å². The van der Waals surface area contributed by atoms with Crippen molar-refractivity contribution in [3.05, 3.63) is 27.9 Å². The van der Waals surface area contributed by atoms with Crippen LogP contribution in [0.5, 0.6) is 0 Å². The molecule has 0 spiro atoms. The minimum absolute atomic E-state index is 0.0561. The van der Waals surface area contributed by atoms with Crippen molar-refractivity contribution in [3.8, 4) is 0 Å². The van der Waals surface area contributed by atoms with E-state index in [1.165, 1.54) is 0 Å². The van der Waals surface area contributed by atoms with E-state index in [0.717, 1.165) is 18.1 Å². The Morgan fingerprint density at radius 1 is 1.44 bits per heavy atom. The zero-order valence-electron chi connectivity index (χ0n) is 10.2. The maximum atomic E-state index is 12.2. The van der Waals surface area contributed by atoms with Gasteiger partial charge in [0.15, 0.2) is 0 Å². The summed E-state index contributed by atoms with van der Waals surface area (Å²) in [6.45, 7) is 8.72. The maximum absolute atomic E-state index is 12.2. The molecule has 2 aromatic rings. The van der Waals surface area contributed by atoms with Gasteiger partial charge in [0.2, 0.25) is 0 Å². The number of rotatable bonds is 2. The Bertz CT molecular complexity index is 578. The fourth-order valence-corrected chi connectivity index (χ4v) is 1.92. The van der Waals surface area contributed by atoms with Crippen molar-refractivity contribution in [2.24, 2.45) is 5.92 Å². The largest absolute Gasteiger partial charge is 0.343 e. The summed E-state index contributed by atoms with van der Waals surface area (Å²) in [5, 5.41) is 0.684. The summed E-state index contributed by atoms with van der Waals surface area (Å²) in [7, 11) is 0. The second-order valence-corrected chi connectivity index (χ2v) is 4.68. The van der Waals surface area contributed by atoms with Gasteiger partial charge in [-0.25, -0.2) is 4.98 Å². The summed E-state index contributed by atoms with van der Waals surface area (Å²) in [6, 6.07) is 1.86. The molecule has 0 saturated heterocycles. The van der Waals surface area contributed by atoms with Gasteiger partial charge in [0.05, 0.1) is 5.39 Å². The van der Waals surface area contributed by atoms with E-state index < -0.39 is 0 Å². The van der Waals surface area contributed by atoms with Crippen LogP contribution in [-0.2, 0) is 6.54 Å². The lowest BCUT2D eigenvalue weighted by Crippen LogP contribution is -2.25. The smallest absolute Gasteiger partial charge is 0.263 e. The molecule has 0 saturated carbocycles. The monoisotopic (exact) mass is 219 g/mol. The van der Waals surface area contributed by atoms with Crippen LogP contribution in [0.2, 0.25) is 0 Å². The number of nitrogens with one attached hydrogen (secondary N) is 1. The first kappa shape index (κ1) is 10.9. The molecule has 0 radical (unpaired) electrons. The Morgan fingerprint density at radius 3 is 2.75 bits per heavy atom. The number of hydrogen-bond donors (Lipinski definition) is 1. The molecule has 0 bridgehead atoms. The van der Waals surface area contributed by atoms with Crippen LogP contribution in [0.3, 0.4) is 0 Å². The summed E-state index contributed by atoms with van der Waals surface area (Å²) >= 11 is 0. The predicted molar refractivity (Wildman–Crippen MR) is 64.7 cm³/mol. The van der Waals surface area contributed by atoms with Crippen LogP contribution in [0.4, 0.5) is 0 Å². The van der Waals surface area contributed by atoms with Gasteiger partial charge in [0, 0.05) is 12.2 Å². The van der Waals surface area contributed by atoms with E-state index in [0.29, 0.717) is 17.0 Å². The van der Waals surface area contributed by atoms with Crippen LogP contribution >= 0.6 is 0 Å². The van der Waals surface area contributed by atoms with E-state index in [1.807, 2.05) is 19.9 Å². The van der Waals surface area contributed by atoms with Gasteiger partial charge in [-0.15, -0.1) is 0 Å². The average molecular weight is 219 g/mol. The van der Waals surface area contributed by atoms with Gasteiger partial charge in [0.25, 0.3) is 5.56 Å². The lowest BCUT2D eigenvalue weighted by Gasteiger charge is -2.11. The fourth-order valence-electron chi connectivity index (χ4n) is 1.92. The SMILES string of the molecule is Cc1cc2c(=O)n(CC(C)C)c(C)nc2[nH]1. The van der Waals surface area contributed by atoms with Gasteiger partial charge < -0.3 is 4.98 Å². The van der Waals surface area contributed by atoms with Crippen molar-refractivity contribution in [3.63, 3.8) is 0 Å². The number of aromatic amines is 1. The molecule has 1 N–H and O–H groups in total. The van der Waals surface area contributed by atoms with Crippen LogP contribution in [0.1, 0.15) is 25.4 Å². The molecule has 4 heteroatoms. The number of aryl methyl sites for hydroxylation is 2. The van der Waals surface area contributed by atoms with Crippen LogP contribution < -0.4 is 5.56 Å². The Morgan fingerprint density at radius 2 is 2.12 bits per heavy atom. The Hall–Kier alpha value is -1.58. The van der Waals surface area contributed by atoms with Crippen LogP contribution in [0.15, 0.2) is 10.9 Å². The van der Waals surface area contributed by atoms with E-state index in [9.17, 15) is 4.79 Å². The molecule has 0 aliphatic rings. The number of nitrogens with zero attached hydrogens (tertiary/aromatic N) is 2. The molecule has 2 heterocycles. The highest BCUT2D eigenvalue weighted by molar-refractivity contribution is 5.75. The lowest BCUT2D eigenvalue weighted by molar-refractivity contribution is 0.498. The molecule has 0 unspecified atom stereocenters. The topological polar surface area (TPSA) is 50.7 Å². The number of fused-ring (bicyclic) bond motifs is 1. The van der Waals surface area contributed by atoms with E-state index in [1.54, 1.807) is 4.57 Å². The van der Waals surface area contributed by atoms with Crippen LogP contribution in [-0.4, -0.2) is 14.5 Å². The van der Waals surface area contributed by atoms with Crippen LogP contribution in [0, 0.1) is 19.8 Å². The van der Waals surface area contributed by atoms with E-state index in [-0.39, 0.29) is 5.56 Å². The Kier molecular flexibility index (Phi) is 2.58. The lowest BCUT2D eigenvalue weighted by atomic mass is 10.2. The summed E-state index contributed by atoms with van der Waals surface area (Å²) < 4.78 is 1.75. The van der Waals surface area contributed by atoms with Gasteiger partial charge in [-0.05, 0) is 25.8 Å². The summed E-state index contributed by atoms with van der Waals surface area (Å²) in [6.07, 6.45) is 0. The van der Waals surface area contributed by atoms with Gasteiger partial charge in [-0.2, -0.15) is 0 Å². The molecule has 86 valence electrons. The molecule has 4 nitrogen and oxygen atoms in total. The minimum Gasteiger partial charge on any atom is -0.343 e. The fraction of sp³-hybridized carbons (Fsp3) is 0.500. The second-order valence-electron chi connectivity index (χ2n) is 4.68. The number of aromatic nitrogens is 3. The molecule has 0 fully saturated rings. The molecule has 0 atom stereocenters. The molecular formula is C12H17N3O. The maximum Gasteiger partial charge on any atom is 0.263 e. The molecule has 2 rings (SSSR count). The predicted octanol–water partition coefficient (Wildman–Crippen LogP) is 2.00. The van der Waals surface area contributed by atoms with Gasteiger partial charge in [-0.3, -0.25) is 9.36 Å². The summed E-state index contributed by atoms with van der Waals surface area (Å²) in [4.78, 5) is 19.7. The Labute approximate surface area is 94.3 Å². The van der Waals surface area contributed by atoms with Gasteiger partial charge in [-0.1, -0.05) is 13.8 Å². The van der Waals surface area contributed by atoms with E-state index in [2.05, 4.69) is 23.8 Å². The highest BCUT2D eigenvalue weighted by Gasteiger charge is 2.10. The first-order chi connectivity index (χ1) is 7.49. The van der Waals surface area contributed by atoms with Crippen molar-refractivity contribution in [1.29, 1.82) is 0 Å². The zero-order valence-corrected chi connectivity index (χ0v) is 10.2.